The van der Waals surface area contributed by atoms with Crippen LogP contribution in [0.3, 0.4) is 0 Å². The molecule has 0 aliphatic heterocycles. The fourth-order valence-electron chi connectivity index (χ4n) is 2.40. The maximum Gasteiger partial charge on any atom is 0.311 e. The lowest BCUT2D eigenvalue weighted by molar-refractivity contribution is -0.148. The van der Waals surface area contributed by atoms with Crippen molar-refractivity contribution in [1.29, 1.82) is 0 Å². The summed E-state index contributed by atoms with van der Waals surface area (Å²) in [7, 11) is 0. The summed E-state index contributed by atoms with van der Waals surface area (Å²) in [5.74, 6) is -0.978. The minimum absolute atomic E-state index is 0.174. The first-order chi connectivity index (χ1) is 8.62. The van der Waals surface area contributed by atoms with E-state index >= 15 is 0 Å². The van der Waals surface area contributed by atoms with Gasteiger partial charge >= 0.3 is 5.97 Å². The van der Waals surface area contributed by atoms with Crippen molar-refractivity contribution in [3.8, 4) is 0 Å². The van der Waals surface area contributed by atoms with Crippen LogP contribution in [0.25, 0.3) is 0 Å². The molecule has 6 heteroatoms. The van der Waals surface area contributed by atoms with Crippen LogP contribution in [-0.2, 0) is 16.0 Å². The smallest absolute Gasteiger partial charge is 0.311 e. The fourth-order valence-corrected chi connectivity index (χ4v) is 2.40. The van der Waals surface area contributed by atoms with Crippen molar-refractivity contribution in [2.75, 3.05) is 6.54 Å². The molecule has 1 saturated carbocycles. The monoisotopic (exact) mass is 251 g/mol. The number of carboxylic acid groups (broad SMARTS) is 1. The Hall–Kier alpha value is -1.85. The number of carbonyl (C=O) groups is 2. The maximum absolute atomic E-state index is 11.7. The molecular formula is C12H17N3O3. The quantitative estimate of drug-likeness (QED) is 0.718. The van der Waals surface area contributed by atoms with Gasteiger partial charge in [-0.05, 0) is 18.9 Å². The average molecular weight is 251 g/mol. The van der Waals surface area contributed by atoms with E-state index in [0.717, 1.165) is 18.5 Å². The summed E-state index contributed by atoms with van der Waals surface area (Å²) in [5, 5.41) is 18.4. The van der Waals surface area contributed by atoms with Crippen molar-refractivity contribution in [1.82, 2.24) is 15.5 Å². The van der Waals surface area contributed by atoms with E-state index in [1.165, 1.54) is 0 Å². The molecule has 0 atom stereocenters. The van der Waals surface area contributed by atoms with Crippen molar-refractivity contribution in [3.63, 3.8) is 0 Å². The zero-order valence-corrected chi connectivity index (χ0v) is 10.1. The van der Waals surface area contributed by atoms with Crippen LogP contribution in [0.4, 0.5) is 0 Å². The molecule has 1 aliphatic carbocycles. The molecule has 0 radical (unpaired) electrons. The van der Waals surface area contributed by atoms with Crippen molar-refractivity contribution in [2.24, 2.45) is 5.41 Å². The van der Waals surface area contributed by atoms with Gasteiger partial charge in [0, 0.05) is 18.4 Å². The Labute approximate surface area is 105 Å². The molecule has 1 heterocycles. The normalized spacial score (nSPS) is 17.6. The third kappa shape index (κ3) is 2.69. The maximum atomic E-state index is 11.7. The first kappa shape index (κ1) is 12.6. The lowest BCUT2D eigenvalue weighted by atomic mass is 9.86. The van der Waals surface area contributed by atoms with E-state index < -0.39 is 11.4 Å². The highest BCUT2D eigenvalue weighted by molar-refractivity contribution is 5.80. The highest BCUT2D eigenvalue weighted by Gasteiger charge is 2.41. The van der Waals surface area contributed by atoms with Crippen molar-refractivity contribution < 1.29 is 14.7 Å². The van der Waals surface area contributed by atoms with E-state index in [9.17, 15) is 14.7 Å². The summed E-state index contributed by atoms with van der Waals surface area (Å²) >= 11 is 0. The molecule has 1 amide bonds. The second-order valence-corrected chi connectivity index (χ2v) is 4.83. The van der Waals surface area contributed by atoms with Crippen LogP contribution in [0.2, 0.25) is 0 Å². The van der Waals surface area contributed by atoms with E-state index in [2.05, 4.69) is 15.5 Å². The number of carboxylic acids is 1. The number of hydrogen-bond acceptors (Lipinski definition) is 3. The number of aliphatic carboxylic acids is 1. The number of carbonyl (C=O) groups excluding carboxylic acids is 1. The Morgan fingerprint density at radius 3 is 2.72 bits per heavy atom. The molecule has 0 spiro atoms. The minimum atomic E-state index is -0.804. The molecule has 1 aromatic rings. The SMILES string of the molecule is O=C(Cc1ccn[nH]1)NCC1(C(=O)O)CCCC1. The van der Waals surface area contributed by atoms with Crippen LogP contribution in [0, 0.1) is 5.41 Å². The number of aromatic amines is 1. The summed E-state index contributed by atoms with van der Waals surface area (Å²) in [6.07, 6.45) is 4.92. The molecular weight excluding hydrogens is 234 g/mol. The predicted molar refractivity (Wildman–Crippen MR) is 63.8 cm³/mol. The van der Waals surface area contributed by atoms with Crippen LogP contribution >= 0.6 is 0 Å². The molecule has 1 fully saturated rings. The lowest BCUT2D eigenvalue weighted by Gasteiger charge is -2.23. The van der Waals surface area contributed by atoms with Gasteiger partial charge in [0.15, 0.2) is 0 Å². The molecule has 1 aliphatic rings. The predicted octanol–water partition coefficient (Wildman–Crippen LogP) is 0.713. The first-order valence-electron chi connectivity index (χ1n) is 6.11. The number of amides is 1. The highest BCUT2D eigenvalue weighted by Crippen LogP contribution is 2.37. The molecule has 0 saturated heterocycles. The van der Waals surface area contributed by atoms with Crippen molar-refractivity contribution in [2.45, 2.75) is 32.1 Å². The van der Waals surface area contributed by atoms with Crippen LogP contribution in [0.15, 0.2) is 12.3 Å². The summed E-state index contributed by atoms with van der Waals surface area (Å²) in [4.78, 5) is 23.0. The first-order valence-corrected chi connectivity index (χ1v) is 6.11. The van der Waals surface area contributed by atoms with Gasteiger partial charge in [-0.1, -0.05) is 12.8 Å². The summed E-state index contributed by atoms with van der Waals surface area (Å²) in [5.41, 5.74) is -0.0350. The van der Waals surface area contributed by atoms with Gasteiger partial charge in [0.1, 0.15) is 0 Å². The van der Waals surface area contributed by atoms with E-state index in [0.29, 0.717) is 12.8 Å². The van der Waals surface area contributed by atoms with Crippen molar-refractivity contribution >= 4 is 11.9 Å². The van der Waals surface area contributed by atoms with Gasteiger partial charge in [-0.15, -0.1) is 0 Å². The molecule has 2 rings (SSSR count). The number of aromatic nitrogens is 2. The highest BCUT2D eigenvalue weighted by atomic mass is 16.4. The van der Waals surface area contributed by atoms with Crippen LogP contribution in [0.1, 0.15) is 31.4 Å². The van der Waals surface area contributed by atoms with Crippen LogP contribution in [0.5, 0.6) is 0 Å². The Morgan fingerprint density at radius 2 is 2.17 bits per heavy atom. The second kappa shape index (κ2) is 5.20. The van der Waals surface area contributed by atoms with Gasteiger partial charge < -0.3 is 10.4 Å². The summed E-state index contributed by atoms with van der Waals surface area (Å²) in [6, 6.07) is 1.72. The zero-order valence-electron chi connectivity index (χ0n) is 10.1. The summed E-state index contributed by atoms with van der Waals surface area (Å²) in [6.45, 7) is 0.218. The molecule has 1 aromatic heterocycles. The number of nitrogens with zero attached hydrogens (tertiary/aromatic N) is 1. The van der Waals surface area contributed by atoms with Gasteiger partial charge in [0.25, 0.3) is 0 Å². The van der Waals surface area contributed by atoms with Crippen LogP contribution in [-0.4, -0.2) is 33.7 Å². The van der Waals surface area contributed by atoms with E-state index in [4.69, 9.17) is 0 Å². The van der Waals surface area contributed by atoms with Gasteiger partial charge in [0.2, 0.25) is 5.91 Å². The largest absolute Gasteiger partial charge is 0.481 e. The third-order valence-electron chi connectivity index (χ3n) is 3.55. The minimum Gasteiger partial charge on any atom is -0.481 e. The third-order valence-corrected chi connectivity index (χ3v) is 3.55. The molecule has 0 bridgehead atoms. The molecule has 18 heavy (non-hydrogen) atoms. The van der Waals surface area contributed by atoms with Gasteiger partial charge in [0.05, 0.1) is 11.8 Å². The van der Waals surface area contributed by atoms with E-state index in [1.54, 1.807) is 12.3 Å². The van der Waals surface area contributed by atoms with Crippen LogP contribution < -0.4 is 5.32 Å². The average Bonchev–Trinajstić information content (AvgIpc) is 2.97. The lowest BCUT2D eigenvalue weighted by Crippen LogP contribution is -2.41. The summed E-state index contributed by atoms with van der Waals surface area (Å²) < 4.78 is 0. The number of H-pyrrole nitrogens is 1. The Kier molecular flexibility index (Phi) is 3.64. The standard InChI is InChI=1S/C12H17N3O3/c16-10(7-9-3-6-14-15-9)13-8-12(11(17)18)4-1-2-5-12/h3,6H,1-2,4-5,7-8H2,(H,13,16)(H,14,15)(H,17,18). The Bertz CT molecular complexity index is 422. The topological polar surface area (TPSA) is 95.1 Å². The van der Waals surface area contributed by atoms with E-state index in [1.807, 2.05) is 0 Å². The molecule has 3 N–H and O–H groups in total. The molecule has 0 aromatic carbocycles. The van der Waals surface area contributed by atoms with Gasteiger partial charge in [-0.3, -0.25) is 14.7 Å². The van der Waals surface area contributed by atoms with E-state index in [-0.39, 0.29) is 18.9 Å². The van der Waals surface area contributed by atoms with Gasteiger partial charge in [-0.2, -0.15) is 5.10 Å². The Balaban J connectivity index is 1.86. The second-order valence-electron chi connectivity index (χ2n) is 4.83. The molecule has 98 valence electrons. The zero-order chi connectivity index (χ0) is 13.0. The van der Waals surface area contributed by atoms with Gasteiger partial charge in [-0.25, -0.2) is 0 Å². The fraction of sp³-hybridized carbons (Fsp3) is 0.583. The number of hydrogen-bond donors (Lipinski definition) is 3. The number of nitrogens with one attached hydrogen (secondary N) is 2. The molecule has 0 unspecified atom stereocenters. The van der Waals surface area contributed by atoms with Crippen molar-refractivity contribution in [3.05, 3.63) is 18.0 Å². The molecule has 6 nitrogen and oxygen atoms in total. The Morgan fingerprint density at radius 1 is 1.44 bits per heavy atom. The number of rotatable bonds is 5.